The second-order valence-corrected chi connectivity index (χ2v) is 10.6. The molecule has 214 valence electrons. The third-order valence-corrected chi connectivity index (χ3v) is 7.98. The topological polar surface area (TPSA) is 94.7 Å². The maximum absolute atomic E-state index is 15.0. The van der Waals surface area contributed by atoms with Crippen LogP contribution in [0, 0.1) is 17.0 Å². The molecule has 4 rings (SSSR count). The molecule has 13 heteroatoms. The summed E-state index contributed by atoms with van der Waals surface area (Å²) in [5.74, 6) is -2.61. The molecular weight excluding hydrogens is 553 g/mol. The van der Waals surface area contributed by atoms with E-state index in [1.165, 1.54) is 16.9 Å². The first-order valence-electron chi connectivity index (χ1n) is 12.2. The minimum Gasteiger partial charge on any atom is -0.396 e. The van der Waals surface area contributed by atoms with Gasteiger partial charge in [-0.1, -0.05) is 13.2 Å². The summed E-state index contributed by atoms with van der Waals surface area (Å²) in [5.41, 5.74) is 3.42. The Hall–Kier alpha value is -3.58. The minimum atomic E-state index is -4.95. The molecule has 40 heavy (non-hydrogen) atoms. The summed E-state index contributed by atoms with van der Waals surface area (Å²) >= 11 is 1.05. The van der Waals surface area contributed by atoms with Crippen LogP contribution in [-0.2, 0) is 15.7 Å². The first kappa shape index (κ1) is 29.4. The van der Waals surface area contributed by atoms with Gasteiger partial charge in [0.15, 0.2) is 0 Å². The molecule has 1 amide bonds. The van der Waals surface area contributed by atoms with Gasteiger partial charge < -0.3 is 25.6 Å². The molecule has 0 radical (unpaired) electrons. The third kappa shape index (κ3) is 5.39. The number of rotatable bonds is 5. The number of ether oxygens (including phenoxy) is 1. The van der Waals surface area contributed by atoms with Crippen LogP contribution in [0.25, 0.3) is 11.1 Å². The van der Waals surface area contributed by atoms with Crippen LogP contribution in [0.15, 0.2) is 48.0 Å². The van der Waals surface area contributed by atoms with Crippen LogP contribution in [0.4, 0.5) is 33.3 Å². The number of amides is 1. The number of hydrogen-bond donors (Lipinski definition) is 3. The number of methoxy groups -OCH3 is 1. The van der Waals surface area contributed by atoms with Gasteiger partial charge in [-0.15, -0.1) is 11.8 Å². The van der Waals surface area contributed by atoms with Crippen LogP contribution in [-0.4, -0.2) is 66.2 Å². The number of nitrogens with two attached hydrogens (primary N) is 1. The Morgan fingerprint density at radius 2 is 2.00 bits per heavy atom. The first-order chi connectivity index (χ1) is 18.8. The fraction of sp³-hybridized carbons (Fsp3) is 0.333. The fourth-order valence-corrected chi connectivity index (χ4v) is 6.21. The summed E-state index contributed by atoms with van der Waals surface area (Å²) in [5, 5.41) is 12.2. The molecule has 0 aliphatic carbocycles. The number of nitrogen functional groups attached to an aromatic ring is 1. The number of fused-ring (bicyclic) bond motifs is 1. The second kappa shape index (κ2) is 11.1. The van der Waals surface area contributed by atoms with Crippen LogP contribution in [0.2, 0.25) is 0 Å². The van der Waals surface area contributed by atoms with Crippen LogP contribution < -0.4 is 11.1 Å². The lowest BCUT2D eigenvalue weighted by atomic mass is 9.93. The molecule has 0 saturated carbocycles. The van der Waals surface area contributed by atoms with Crippen molar-refractivity contribution in [3.63, 3.8) is 0 Å². The highest BCUT2D eigenvalue weighted by molar-refractivity contribution is 7.99. The van der Waals surface area contributed by atoms with Gasteiger partial charge in [0.1, 0.15) is 17.5 Å². The number of hydrogen-bond acceptors (Lipinski definition) is 6. The van der Waals surface area contributed by atoms with Gasteiger partial charge in [0.05, 0.1) is 42.2 Å². The molecule has 2 atom stereocenters. The van der Waals surface area contributed by atoms with Crippen molar-refractivity contribution in [3.05, 3.63) is 65.9 Å². The molecule has 2 aromatic carbocycles. The molecule has 4 N–H and O–H groups in total. The van der Waals surface area contributed by atoms with Crippen LogP contribution in [0.3, 0.4) is 0 Å². The highest BCUT2D eigenvalue weighted by atomic mass is 32.2. The minimum absolute atomic E-state index is 0.0123. The number of amidine groups is 1. The Balaban J connectivity index is 1.91. The maximum Gasteiger partial charge on any atom is 0.417 e. The Morgan fingerprint density at radius 3 is 2.60 bits per heavy atom. The summed E-state index contributed by atoms with van der Waals surface area (Å²) in [6.07, 6.45) is -3.81. The van der Waals surface area contributed by atoms with E-state index in [-0.39, 0.29) is 59.4 Å². The first-order valence-corrected chi connectivity index (χ1v) is 13.2. The highest BCUT2D eigenvalue weighted by Crippen LogP contribution is 2.50. The van der Waals surface area contributed by atoms with Crippen LogP contribution >= 0.6 is 11.8 Å². The average Bonchev–Trinajstić information content (AvgIpc) is 2.88. The normalized spacial score (nSPS) is 19.2. The van der Waals surface area contributed by atoms with Crippen molar-refractivity contribution >= 4 is 34.9 Å². The Morgan fingerprint density at radius 1 is 1.30 bits per heavy atom. The maximum atomic E-state index is 15.0. The lowest BCUT2D eigenvalue weighted by molar-refractivity contribution is -0.137. The summed E-state index contributed by atoms with van der Waals surface area (Å²) in [6.45, 7) is 9.52. The number of carbonyl (C=O) groups excluding carboxylic acids is 1. The van der Waals surface area contributed by atoms with Gasteiger partial charge in [-0.25, -0.2) is 8.78 Å². The van der Waals surface area contributed by atoms with Gasteiger partial charge in [0.25, 0.3) is 0 Å². The van der Waals surface area contributed by atoms with Crippen molar-refractivity contribution in [1.29, 1.82) is 5.41 Å². The van der Waals surface area contributed by atoms with Gasteiger partial charge in [0, 0.05) is 52.8 Å². The van der Waals surface area contributed by atoms with Crippen LogP contribution in [0.1, 0.15) is 18.1 Å². The molecule has 1 fully saturated rings. The Kier molecular flexibility index (Phi) is 8.18. The van der Waals surface area contributed by atoms with E-state index in [1.807, 2.05) is 0 Å². The number of carbonyl (C=O) groups is 1. The summed E-state index contributed by atoms with van der Waals surface area (Å²) in [4.78, 5) is 15.3. The molecule has 2 aliphatic heterocycles. The number of thioether (sulfide) groups is 1. The fourth-order valence-electron chi connectivity index (χ4n) is 4.99. The van der Waals surface area contributed by atoms with Crippen molar-refractivity contribution in [1.82, 2.24) is 9.80 Å². The molecular formula is C27H28F5N5O2S. The Labute approximate surface area is 232 Å². The lowest BCUT2D eigenvalue weighted by Crippen LogP contribution is -2.53. The third-order valence-electron chi connectivity index (χ3n) is 6.71. The van der Waals surface area contributed by atoms with Gasteiger partial charge in [-0.3, -0.25) is 10.2 Å². The predicted molar refractivity (Wildman–Crippen MR) is 145 cm³/mol. The lowest BCUT2D eigenvalue weighted by Gasteiger charge is -2.42. The van der Waals surface area contributed by atoms with Gasteiger partial charge >= 0.3 is 6.18 Å². The van der Waals surface area contributed by atoms with Crippen molar-refractivity contribution in [2.75, 3.05) is 43.6 Å². The SMILES string of the molecule is C=CC(=O)N1C(=C)CN(C(=N)c2cc(C(F)(F)F)c(-c3cc(N)c(F)cc3F)c3c2N[C@@H](COC)CS3)C[C@@H]1C. The molecule has 2 aromatic rings. The van der Waals surface area contributed by atoms with E-state index in [0.717, 1.165) is 30.0 Å². The van der Waals surface area contributed by atoms with E-state index < -0.39 is 46.2 Å². The Bertz CT molecular complexity index is 1400. The summed E-state index contributed by atoms with van der Waals surface area (Å²) in [7, 11) is 1.48. The second-order valence-electron chi connectivity index (χ2n) is 9.57. The van der Waals surface area contributed by atoms with Gasteiger partial charge in [-0.05, 0) is 25.1 Å². The van der Waals surface area contributed by atoms with E-state index in [2.05, 4.69) is 18.5 Å². The molecule has 0 aromatic heterocycles. The number of piperazine rings is 1. The molecule has 0 unspecified atom stereocenters. The van der Waals surface area contributed by atoms with E-state index >= 15 is 4.39 Å². The van der Waals surface area contributed by atoms with E-state index in [9.17, 15) is 22.4 Å². The number of nitrogens with one attached hydrogen (secondary N) is 2. The molecule has 2 aliphatic rings. The molecule has 0 spiro atoms. The molecule has 0 bridgehead atoms. The van der Waals surface area contributed by atoms with Crippen molar-refractivity contribution in [3.8, 4) is 11.1 Å². The van der Waals surface area contributed by atoms with Gasteiger partial charge in [0.2, 0.25) is 5.91 Å². The largest absolute Gasteiger partial charge is 0.417 e. The molecule has 2 heterocycles. The number of halogens is 5. The molecule has 7 nitrogen and oxygen atoms in total. The zero-order chi connectivity index (χ0) is 29.5. The standard InChI is InChI=1S/C27H28F5N5O2S/c1-5-22(38)37-13(2)9-36(10-14(37)3)26(34)17-6-18(27(30,31)32)23(16-7-21(33)20(29)8-19(16)28)25-24(17)35-15(11-39-4)12-40-25/h5-8,14-15,34-35H,1-2,9-12,33H2,3-4H3/t14-,15-/m0/s1. The average molecular weight is 582 g/mol. The van der Waals surface area contributed by atoms with Gasteiger partial charge in [-0.2, -0.15) is 13.2 Å². The van der Waals surface area contributed by atoms with Crippen molar-refractivity contribution in [2.45, 2.75) is 30.1 Å². The zero-order valence-corrected chi connectivity index (χ0v) is 22.6. The predicted octanol–water partition coefficient (Wildman–Crippen LogP) is 5.32. The van der Waals surface area contributed by atoms with Crippen LogP contribution in [0.5, 0.6) is 0 Å². The van der Waals surface area contributed by atoms with E-state index in [4.69, 9.17) is 15.9 Å². The highest BCUT2D eigenvalue weighted by Gasteiger charge is 2.41. The number of alkyl halides is 3. The number of anilines is 2. The monoisotopic (exact) mass is 581 g/mol. The van der Waals surface area contributed by atoms with E-state index in [0.29, 0.717) is 11.8 Å². The zero-order valence-electron chi connectivity index (χ0n) is 21.8. The van der Waals surface area contributed by atoms with E-state index in [1.54, 1.807) is 6.92 Å². The smallest absolute Gasteiger partial charge is 0.396 e. The molecule has 1 saturated heterocycles. The van der Waals surface area contributed by atoms with Crippen molar-refractivity contribution in [2.24, 2.45) is 0 Å². The van der Waals surface area contributed by atoms with Crippen molar-refractivity contribution < 1.29 is 31.5 Å². The quantitative estimate of drug-likeness (QED) is 0.146. The number of benzene rings is 2. The summed E-state index contributed by atoms with van der Waals surface area (Å²) < 4.78 is 77.9. The summed E-state index contributed by atoms with van der Waals surface area (Å²) in [6, 6.07) is 1.34. The number of nitrogens with zero attached hydrogens (tertiary/aromatic N) is 2.